The predicted molar refractivity (Wildman–Crippen MR) is 377 cm³/mol. The fraction of sp³-hybridized carbons (Fsp3) is 0.288. The molecule has 3 fully saturated rings. The normalized spacial score (nSPS) is 15.3. The van der Waals surface area contributed by atoms with Gasteiger partial charge in [0.15, 0.2) is 34.4 Å². The summed E-state index contributed by atoms with van der Waals surface area (Å²) >= 11 is 0. The number of nitrogens with one attached hydrogen (secondary N) is 5. The van der Waals surface area contributed by atoms with Gasteiger partial charge < -0.3 is 54.8 Å². The minimum atomic E-state index is -0.147. The Bertz CT molecular complexity index is 4620. The molecule has 5 aromatic carbocycles. The SMILES string of the molecule is COc1ccc(Cn2nc(N[C@@H]3CCN(C(=O)CC#N)C3)c3c(Oc4ccc(C)cc4)ccnc32)cc1.COc1ccc(Cn2nc(N[C@@H]3CCNC3)c3c(Oc4ccc(C)cc4)ccnc32)cc1.Cc1ccc(Oc2ccnc3[nH]nc(N[C@@H]4CCN(C(=O)CC#N)C4)c23)cc1.[3H][B].[U]. The van der Waals surface area contributed by atoms with Gasteiger partial charge in [-0.05, 0) is 120 Å². The molecule has 0 saturated carbocycles. The van der Waals surface area contributed by atoms with Crippen LogP contribution in [0.2, 0.25) is 0 Å². The number of fused-ring (bicyclic) bond motifs is 3. The molecule has 3 aliphatic rings. The summed E-state index contributed by atoms with van der Waals surface area (Å²) in [6.07, 6.45) is 7.59. The van der Waals surface area contributed by atoms with Crippen molar-refractivity contribution in [2.45, 2.75) is 84.1 Å². The van der Waals surface area contributed by atoms with Gasteiger partial charge in [-0.1, -0.05) is 77.4 Å². The number of methoxy groups -OCH3 is 2. The Labute approximate surface area is 600 Å². The molecule has 0 spiro atoms. The molecule has 3 atom stereocenters. The maximum atomic E-state index is 12.2. The Kier molecular flexibility index (Phi) is 23.6. The van der Waals surface area contributed by atoms with Crippen LogP contribution in [0.15, 0.2) is 158 Å². The summed E-state index contributed by atoms with van der Waals surface area (Å²) in [6.45, 7) is 11.5. The molecule has 0 bridgehead atoms. The van der Waals surface area contributed by atoms with Crippen LogP contribution in [-0.4, -0.2) is 148 Å². The fourth-order valence-corrected chi connectivity index (χ4v) is 11.8. The number of benzene rings is 5. The molecule has 26 heteroatoms. The predicted octanol–water partition coefficient (Wildman–Crippen LogP) is 11.2. The molecule has 14 rings (SSSR count). The van der Waals surface area contributed by atoms with E-state index < -0.39 is 0 Å². The van der Waals surface area contributed by atoms with E-state index in [2.05, 4.69) is 61.7 Å². The number of pyridine rings is 3. The first-order valence-electron chi connectivity index (χ1n) is 32.8. The molecule has 0 unspecified atom stereocenters. The standard InChI is InChI=1S/C28H28N6O3.C25H27N5O2.C20H20N6O2.BH.U/c1-19-3-7-23(8-4-19)37-24-12-15-30-28-26(24)27(31-21-13-16-33(18-21)25(35)11-14-29)32-34(28)17-20-5-9-22(36-2)10-6-20;1-17-3-7-21(8-4-17)32-22-12-14-27-25-23(22)24(28-19-11-13-26-15-19)29-30(25)16-18-5-9-20(31-2)10-6-18;1-13-2-4-15(5-3-13)28-16-7-10-22-19-18(16)20(25-24-19)23-14-8-11-26(12-14)17(27)6-9-21;;/h3-10,12,15,21H,11,13,16-18H2,1-2H3,(H,31,32);3-10,12,14,19,26H,11,13,15-16H2,1-2H3,(H,28,29);2-5,7,10,14H,6,8,11-12H2,1H3,(H2,22,23,24,25);1H;/t21-;19-;14-;;/m111../s1/i;;;1T;. The molecule has 2 radical (unpaired) electrons. The zero-order valence-electron chi connectivity index (χ0n) is 56.7. The zero-order chi connectivity index (χ0) is 69.2. The van der Waals surface area contributed by atoms with E-state index in [1.165, 1.54) is 5.56 Å². The van der Waals surface area contributed by atoms with Crippen molar-refractivity contribution >= 4 is 70.7 Å². The minimum absolute atomic E-state index is 0. The van der Waals surface area contributed by atoms with Gasteiger partial charge in [-0.2, -0.15) is 25.8 Å². The van der Waals surface area contributed by atoms with Crippen molar-refractivity contribution < 1.29 is 64.4 Å². The molecule has 502 valence electrons. The second-order valence-electron chi connectivity index (χ2n) is 24.0. The van der Waals surface area contributed by atoms with E-state index in [-0.39, 0.29) is 67.9 Å². The number of hydrogen-bond donors (Lipinski definition) is 5. The number of rotatable bonds is 20. The average molecular weight is 1550 g/mol. The Balaban J connectivity index is 0.000000161. The number of anilines is 3. The van der Waals surface area contributed by atoms with Gasteiger partial charge >= 0.3 is 0 Å². The van der Waals surface area contributed by atoms with Crippen LogP contribution in [0.4, 0.5) is 17.5 Å². The molecule has 24 nitrogen and oxygen atoms in total. The van der Waals surface area contributed by atoms with Crippen molar-refractivity contribution in [3.05, 3.63) is 186 Å². The number of carbonyl (C=O) groups is 2. The fourth-order valence-electron chi connectivity index (χ4n) is 11.8. The number of nitriles is 2. The molecule has 99 heavy (non-hydrogen) atoms. The Hall–Kier alpha value is -10.6. The van der Waals surface area contributed by atoms with Crippen molar-refractivity contribution in [1.82, 2.24) is 59.8 Å². The largest absolute Gasteiger partial charge is 0.497 e. The molecule has 5 N–H and O–H groups in total. The van der Waals surface area contributed by atoms with Crippen LogP contribution in [0.25, 0.3) is 33.1 Å². The number of nitrogens with zero attached hydrogens (tertiary/aromatic N) is 12. The van der Waals surface area contributed by atoms with Crippen molar-refractivity contribution in [3.63, 3.8) is 0 Å². The molecule has 3 saturated heterocycles. The van der Waals surface area contributed by atoms with Gasteiger partial charge in [0, 0.05) is 127 Å². The number of aromatic amines is 1. The summed E-state index contributed by atoms with van der Waals surface area (Å²) in [5.74, 6) is 7.74. The molecule has 11 aromatic rings. The van der Waals surface area contributed by atoms with Crippen LogP contribution in [0.3, 0.4) is 0 Å². The molecule has 6 aromatic heterocycles. The summed E-state index contributed by atoms with van der Waals surface area (Å²) in [5.41, 5.74) is 7.79. The molecule has 0 aliphatic carbocycles. The van der Waals surface area contributed by atoms with Gasteiger partial charge in [-0.15, -0.1) is 0 Å². The number of ether oxygens (including phenoxy) is 5. The third-order valence-electron chi connectivity index (χ3n) is 17.0. The molecular formula is C73H76BN17O7U. The van der Waals surface area contributed by atoms with E-state index in [1.807, 2.05) is 169 Å². The Morgan fingerprint density at radius 1 is 0.535 bits per heavy atom. The molecule has 3 aliphatic heterocycles. The van der Waals surface area contributed by atoms with E-state index in [0.29, 0.717) is 79.7 Å². The molecule has 2 amide bonds. The van der Waals surface area contributed by atoms with Gasteiger partial charge in [-0.3, -0.25) is 14.7 Å². The Morgan fingerprint density at radius 3 is 1.33 bits per heavy atom. The van der Waals surface area contributed by atoms with Gasteiger partial charge in [0.05, 0.1) is 39.4 Å². The molecule has 9 heterocycles. The summed E-state index contributed by atoms with van der Waals surface area (Å²) in [7, 11) is 7.07. The number of hydrogen-bond acceptors (Lipinski definition) is 19. The van der Waals surface area contributed by atoms with E-state index in [1.54, 1.807) is 48.7 Å². The van der Waals surface area contributed by atoms with Gasteiger partial charge in [-0.25, -0.2) is 24.3 Å². The minimum Gasteiger partial charge on any atom is -0.497 e. The summed E-state index contributed by atoms with van der Waals surface area (Å²) < 4.78 is 38.2. The van der Waals surface area contributed by atoms with Gasteiger partial charge in [0.1, 0.15) is 75.0 Å². The summed E-state index contributed by atoms with van der Waals surface area (Å²) in [4.78, 5) is 41.2. The monoisotopic (exact) mass is 1550 g/mol. The first-order chi connectivity index (χ1) is 48.4. The number of aryl methyl sites for hydroxylation is 3. The van der Waals surface area contributed by atoms with Crippen LogP contribution in [0.1, 0.15) is 59.9 Å². The second-order valence-corrected chi connectivity index (χ2v) is 24.0. The number of H-pyrrole nitrogens is 1. The number of carbonyl (C=O) groups excluding carboxylic acids is 2. The summed E-state index contributed by atoms with van der Waals surface area (Å²) in [6, 6.07) is 49.4. The van der Waals surface area contributed by atoms with E-state index in [0.717, 1.165) is 117 Å². The van der Waals surface area contributed by atoms with E-state index in [4.69, 9.17) is 45.7 Å². The molecular weight excluding hydrogens is 1480 g/mol. The number of likely N-dealkylation sites (tertiary alicyclic amines) is 2. The smallest absolute Gasteiger partial charge is 0.236 e. The third kappa shape index (κ3) is 17.8. The summed E-state index contributed by atoms with van der Waals surface area (Å²) in [5, 5.41) is 51.0. The van der Waals surface area contributed by atoms with Crippen LogP contribution < -0.4 is 45.0 Å². The van der Waals surface area contributed by atoms with Crippen molar-refractivity contribution in [3.8, 4) is 58.1 Å². The van der Waals surface area contributed by atoms with Crippen molar-refractivity contribution in [1.29, 1.82) is 11.9 Å². The van der Waals surface area contributed by atoms with E-state index in [9.17, 15) is 9.59 Å². The second kappa shape index (κ2) is 33.5. The van der Waals surface area contributed by atoms with Crippen LogP contribution in [0.5, 0.6) is 46.0 Å². The number of aromatic nitrogens is 9. The topological polar surface area (TPSA) is 285 Å². The van der Waals surface area contributed by atoms with Crippen molar-refractivity contribution in [2.75, 3.05) is 69.4 Å². The maximum absolute atomic E-state index is 12.2. The third-order valence-corrected chi connectivity index (χ3v) is 17.0. The Morgan fingerprint density at radius 2 is 0.929 bits per heavy atom. The van der Waals surface area contributed by atoms with Gasteiger partial charge in [0.2, 0.25) is 11.8 Å². The quantitative estimate of drug-likeness (QED) is 0.0443. The van der Waals surface area contributed by atoms with Gasteiger partial charge in [0.25, 0.3) is 0 Å². The zero-order valence-corrected chi connectivity index (χ0v) is 59.9. The van der Waals surface area contributed by atoms with E-state index >= 15 is 0 Å². The van der Waals surface area contributed by atoms with Crippen LogP contribution >= 0.6 is 0 Å². The maximum Gasteiger partial charge on any atom is 0.236 e. The number of amides is 2. The first kappa shape index (κ1) is 69.7. The van der Waals surface area contributed by atoms with Crippen molar-refractivity contribution in [2.24, 2.45) is 0 Å². The average Bonchev–Trinajstić information content (AvgIpc) is 1.61. The van der Waals surface area contributed by atoms with Crippen LogP contribution in [0, 0.1) is 74.5 Å². The first-order valence-corrected chi connectivity index (χ1v) is 32.2. The van der Waals surface area contributed by atoms with Crippen LogP contribution in [-0.2, 0) is 22.7 Å².